The van der Waals surface area contributed by atoms with Gasteiger partial charge in [0, 0.05) is 49.4 Å². The first-order valence-corrected chi connectivity index (χ1v) is 10.5. The van der Waals surface area contributed by atoms with Crippen molar-refractivity contribution in [3.63, 3.8) is 0 Å². The molecular weight excluding hydrogens is 392 g/mol. The highest BCUT2D eigenvalue weighted by molar-refractivity contribution is 5.99. The molecule has 2 aromatic heterocycles. The number of hydrogen-bond acceptors (Lipinski definition) is 6. The van der Waals surface area contributed by atoms with Crippen LogP contribution in [0.3, 0.4) is 0 Å². The first-order valence-electron chi connectivity index (χ1n) is 10.5. The predicted octanol–water partition coefficient (Wildman–Crippen LogP) is 3.27. The molecule has 3 aromatic rings. The molecule has 1 N–H and O–H groups in total. The van der Waals surface area contributed by atoms with E-state index in [1.807, 2.05) is 42.2 Å². The van der Waals surface area contributed by atoms with Gasteiger partial charge in [-0.15, -0.1) is 0 Å². The van der Waals surface area contributed by atoms with Crippen LogP contribution in [0.5, 0.6) is 5.75 Å². The molecule has 8 heteroatoms. The van der Waals surface area contributed by atoms with Gasteiger partial charge in [0.1, 0.15) is 17.4 Å². The zero-order valence-corrected chi connectivity index (χ0v) is 18.4. The Bertz CT molecular complexity index is 1050. The number of methoxy groups -OCH3 is 1. The number of H-pyrrole nitrogens is 1. The van der Waals surface area contributed by atoms with Crippen molar-refractivity contribution in [1.82, 2.24) is 25.1 Å². The molecule has 1 aliphatic heterocycles. The van der Waals surface area contributed by atoms with Gasteiger partial charge in [-0.05, 0) is 31.2 Å². The maximum absolute atomic E-state index is 13.2. The Hall–Kier alpha value is -3.42. The van der Waals surface area contributed by atoms with Gasteiger partial charge >= 0.3 is 0 Å². The van der Waals surface area contributed by atoms with Gasteiger partial charge in [-0.2, -0.15) is 5.10 Å². The summed E-state index contributed by atoms with van der Waals surface area (Å²) in [7, 11) is 1.63. The van der Waals surface area contributed by atoms with E-state index in [0.29, 0.717) is 18.7 Å². The average molecular weight is 421 g/mol. The number of aromatic nitrogens is 4. The van der Waals surface area contributed by atoms with E-state index in [4.69, 9.17) is 9.72 Å². The molecule has 4 rings (SSSR count). The van der Waals surface area contributed by atoms with Crippen molar-refractivity contribution >= 4 is 11.7 Å². The standard InChI is InChI=1S/C23H28N6O2/c1-15(2)22-25-16(3)13-20(26-22)28-9-11-29(12-10-28)23(30)19-14-24-27-21(19)17-5-7-18(31-4)8-6-17/h5-8,13-15H,9-12H2,1-4H3,(H,24,27). The molecule has 0 saturated carbocycles. The van der Waals surface area contributed by atoms with E-state index in [1.54, 1.807) is 13.3 Å². The molecule has 1 amide bonds. The first-order chi connectivity index (χ1) is 15.0. The number of benzene rings is 1. The van der Waals surface area contributed by atoms with Gasteiger partial charge in [0.2, 0.25) is 0 Å². The smallest absolute Gasteiger partial charge is 0.257 e. The number of piperazine rings is 1. The molecule has 1 aliphatic rings. The Kier molecular flexibility index (Phi) is 5.88. The maximum atomic E-state index is 13.2. The maximum Gasteiger partial charge on any atom is 0.257 e. The number of aromatic amines is 1. The minimum absolute atomic E-state index is 0.0130. The molecule has 1 saturated heterocycles. The lowest BCUT2D eigenvalue weighted by molar-refractivity contribution is 0.0747. The fraction of sp³-hybridized carbons (Fsp3) is 0.391. The van der Waals surface area contributed by atoms with E-state index >= 15 is 0 Å². The number of rotatable bonds is 5. The van der Waals surface area contributed by atoms with Crippen LogP contribution in [-0.2, 0) is 0 Å². The molecule has 1 aromatic carbocycles. The van der Waals surface area contributed by atoms with Crippen molar-refractivity contribution in [2.24, 2.45) is 0 Å². The number of nitrogens with one attached hydrogen (secondary N) is 1. The van der Waals surface area contributed by atoms with E-state index in [2.05, 4.69) is 33.9 Å². The second kappa shape index (κ2) is 8.75. The summed E-state index contributed by atoms with van der Waals surface area (Å²) in [5.74, 6) is 2.83. The third kappa shape index (κ3) is 4.38. The Morgan fingerprint density at radius 1 is 1.10 bits per heavy atom. The second-order valence-electron chi connectivity index (χ2n) is 8.05. The van der Waals surface area contributed by atoms with Gasteiger partial charge in [0.25, 0.3) is 5.91 Å². The van der Waals surface area contributed by atoms with E-state index in [9.17, 15) is 4.79 Å². The zero-order chi connectivity index (χ0) is 22.0. The fourth-order valence-corrected chi connectivity index (χ4v) is 3.73. The number of carbonyl (C=O) groups is 1. The van der Waals surface area contributed by atoms with Crippen LogP contribution in [0.2, 0.25) is 0 Å². The highest BCUT2D eigenvalue weighted by Gasteiger charge is 2.26. The SMILES string of the molecule is COc1ccc(-c2[nH]ncc2C(=O)N2CCN(c3cc(C)nc(C(C)C)n3)CC2)cc1. The normalized spacial score (nSPS) is 14.2. The Morgan fingerprint density at radius 2 is 1.81 bits per heavy atom. The lowest BCUT2D eigenvalue weighted by Gasteiger charge is -2.35. The molecule has 31 heavy (non-hydrogen) atoms. The number of carbonyl (C=O) groups excluding carboxylic acids is 1. The minimum atomic E-state index is -0.0130. The third-order valence-electron chi connectivity index (χ3n) is 5.51. The van der Waals surface area contributed by atoms with Gasteiger partial charge in [0.05, 0.1) is 24.6 Å². The summed E-state index contributed by atoms with van der Waals surface area (Å²) in [5, 5.41) is 7.10. The van der Waals surface area contributed by atoms with Crippen LogP contribution in [0.25, 0.3) is 11.3 Å². The lowest BCUT2D eigenvalue weighted by atomic mass is 10.1. The van der Waals surface area contributed by atoms with Crippen molar-refractivity contribution in [1.29, 1.82) is 0 Å². The number of anilines is 1. The van der Waals surface area contributed by atoms with E-state index in [-0.39, 0.29) is 11.8 Å². The summed E-state index contributed by atoms with van der Waals surface area (Å²) < 4.78 is 5.22. The summed E-state index contributed by atoms with van der Waals surface area (Å²) >= 11 is 0. The molecule has 0 aliphatic carbocycles. The van der Waals surface area contributed by atoms with E-state index in [1.165, 1.54) is 0 Å². The van der Waals surface area contributed by atoms with Gasteiger partial charge in [-0.25, -0.2) is 9.97 Å². The van der Waals surface area contributed by atoms with Crippen molar-refractivity contribution < 1.29 is 9.53 Å². The number of ether oxygens (including phenoxy) is 1. The lowest BCUT2D eigenvalue weighted by Crippen LogP contribution is -2.49. The van der Waals surface area contributed by atoms with Gasteiger partial charge in [-0.1, -0.05) is 13.8 Å². The highest BCUT2D eigenvalue weighted by atomic mass is 16.5. The molecule has 162 valence electrons. The molecule has 3 heterocycles. The summed E-state index contributed by atoms with van der Waals surface area (Å²) in [6, 6.07) is 9.60. The fourth-order valence-electron chi connectivity index (χ4n) is 3.73. The summed E-state index contributed by atoms with van der Waals surface area (Å²) in [6.45, 7) is 8.92. The number of aryl methyl sites for hydroxylation is 1. The molecule has 8 nitrogen and oxygen atoms in total. The summed E-state index contributed by atoms with van der Waals surface area (Å²) in [5.41, 5.74) is 3.18. The highest BCUT2D eigenvalue weighted by Crippen LogP contribution is 2.25. The van der Waals surface area contributed by atoms with Gasteiger partial charge < -0.3 is 14.5 Å². The third-order valence-corrected chi connectivity index (χ3v) is 5.51. The number of nitrogens with zero attached hydrogens (tertiary/aromatic N) is 5. The Labute approximate surface area is 182 Å². The van der Waals surface area contributed by atoms with E-state index in [0.717, 1.165) is 47.4 Å². The topological polar surface area (TPSA) is 87.2 Å². The first kappa shape index (κ1) is 20.8. The Morgan fingerprint density at radius 3 is 2.45 bits per heavy atom. The predicted molar refractivity (Wildman–Crippen MR) is 120 cm³/mol. The molecule has 0 radical (unpaired) electrons. The van der Waals surface area contributed by atoms with Crippen molar-refractivity contribution in [2.75, 3.05) is 38.2 Å². The van der Waals surface area contributed by atoms with Crippen molar-refractivity contribution in [3.05, 3.63) is 53.6 Å². The largest absolute Gasteiger partial charge is 0.497 e. The molecule has 0 spiro atoms. The summed E-state index contributed by atoms with van der Waals surface area (Å²) in [6.07, 6.45) is 1.61. The summed E-state index contributed by atoms with van der Waals surface area (Å²) in [4.78, 5) is 26.6. The molecule has 1 fully saturated rings. The van der Waals surface area contributed by atoms with Gasteiger partial charge in [-0.3, -0.25) is 9.89 Å². The number of amides is 1. The molecule has 0 atom stereocenters. The van der Waals surface area contributed by atoms with Crippen LogP contribution in [0, 0.1) is 6.92 Å². The number of hydrogen-bond donors (Lipinski definition) is 1. The van der Waals surface area contributed by atoms with Crippen molar-refractivity contribution in [3.8, 4) is 17.0 Å². The van der Waals surface area contributed by atoms with Crippen LogP contribution >= 0.6 is 0 Å². The van der Waals surface area contributed by atoms with Crippen LogP contribution in [0.15, 0.2) is 36.5 Å². The quantitative estimate of drug-likeness (QED) is 0.682. The zero-order valence-electron chi connectivity index (χ0n) is 18.4. The molecule has 0 unspecified atom stereocenters. The van der Waals surface area contributed by atoms with Crippen LogP contribution in [-0.4, -0.2) is 64.3 Å². The second-order valence-corrected chi connectivity index (χ2v) is 8.05. The van der Waals surface area contributed by atoms with Crippen LogP contribution in [0.4, 0.5) is 5.82 Å². The van der Waals surface area contributed by atoms with Crippen LogP contribution in [0.1, 0.15) is 41.6 Å². The Balaban J connectivity index is 1.47. The van der Waals surface area contributed by atoms with Gasteiger partial charge in [0.15, 0.2) is 0 Å². The van der Waals surface area contributed by atoms with Crippen LogP contribution < -0.4 is 9.64 Å². The average Bonchev–Trinajstić information content (AvgIpc) is 3.28. The molecule has 0 bridgehead atoms. The molecular formula is C23H28N6O2. The minimum Gasteiger partial charge on any atom is -0.497 e. The van der Waals surface area contributed by atoms with Crippen molar-refractivity contribution in [2.45, 2.75) is 26.7 Å². The van der Waals surface area contributed by atoms with E-state index < -0.39 is 0 Å². The monoisotopic (exact) mass is 420 g/mol.